The van der Waals surface area contributed by atoms with Gasteiger partial charge in [-0.15, -0.1) is 0 Å². The fraction of sp³-hybridized carbons (Fsp3) is 0.267. The zero-order chi connectivity index (χ0) is 26.5. The molecule has 0 fully saturated rings. The fourth-order valence-corrected chi connectivity index (χ4v) is 4.96. The number of nitrogens with zero attached hydrogens (tertiary/aromatic N) is 3. The minimum absolute atomic E-state index is 0.104. The van der Waals surface area contributed by atoms with E-state index in [0.717, 1.165) is 33.9 Å². The van der Waals surface area contributed by atoms with Gasteiger partial charge in [0.1, 0.15) is 19.2 Å². The van der Waals surface area contributed by atoms with E-state index in [9.17, 15) is 4.79 Å². The first-order valence-corrected chi connectivity index (χ1v) is 15.3. The summed E-state index contributed by atoms with van der Waals surface area (Å²) in [5.41, 5.74) is 4.80. The summed E-state index contributed by atoms with van der Waals surface area (Å²) in [6.07, 6.45) is 7.15. The zero-order valence-electron chi connectivity index (χ0n) is 22.1. The first-order chi connectivity index (χ1) is 17.7. The molecule has 0 saturated heterocycles. The van der Waals surface area contributed by atoms with Crippen molar-refractivity contribution in [3.05, 3.63) is 90.5 Å². The lowest BCUT2D eigenvalue weighted by Gasteiger charge is -2.36. The van der Waals surface area contributed by atoms with Crippen LogP contribution in [-0.4, -0.2) is 42.8 Å². The molecule has 0 aliphatic rings. The molecule has 4 rings (SSSR count). The Bertz CT molecular complexity index is 1400. The molecule has 0 N–H and O–H groups in total. The molecule has 6 nitrogen and oxygen atoms in total. The van der Waals surface area contributed by atoms with Crippen molar-refractivity contribution in [2.45, 2.75) is 38.9 Å². The van der Waals surface area contributed by atoms with Crippen LogP contribution < -0.4 is 4.74 Å². The standard InChI is InChI=1S/C30H33N3O3Si/c1-30(2,3)37(4,5)36-18-17-35-29-28(24(15-16-34)23-19-31-21-32-20-23)27(22-11-7-6-8-12-22)25-13-9-10-14-26(25)33-29/h6-16,19-21H,17-18H2,1-5H3/b24-15+. The highest BCUT2D eigenvalue weighted by atomic mass is 28.4. The van der Waals surface area contributed by atoms with Crippen molar-refractivity contribution in [2.75, 3.05) is 13.2 Å². The van der Waals surface area contributed by atoms with Crippen LogP contribution >= 0.6 is 0 Å². The molecule has 0 unspecified atom stereocenters. The summed E-state index contributed by atoms with van der Waals surface area (Å²) >= 11 is 0. The van der Waals surface area contributed by atoms with Crippen LogP contribution in [-0.2, 0) is 9.22 Å². The lowest BCUT2D eigenvalue weighted by molar-refractivity contribution is -0.104. The molecule has 0 amide bonds. The number of carbonyl (C=O) groups is 1. The number of ether oxygens (including phenoxy) is 1. The minimum atomic E-state index is -1.93. The number of allylic oxidation sites excluding steroid dienone is 1. The molecule has 4 aromatic rings. The summed E-state index contributed by atoms with van der Waals surface area (Å²) in [6, 6.07) is 18.0. The monoisotopic (exact) mass is 511 g/mol. The molecular formula is C30H33N3O3Si. The topological polar surface area (TPSA) is 74.2 Å². The average molecular weight is 512 g/mol. The Hall–Kier alpha value is -3.68. The Labute approximate surface area is 219 Å². The van der Waals surface area contributed by atoms with Gasteiger partial charge in [0.05, 0.1) is 17.7 Å². The SMILES string of the molecule is CC(C)(C)[Si](C)(C)OCCOc1nc2ccccc2c(-c2ccccc2)c1/C(=C/C=O)c1cncnc1. The van der Waals surface area contributed by atoms with Crippen LogP contribution in [0.15, 0.2) is 79.4 Å². The number of benzene rings is 2. The van der Waals surface area contributed by atoms with Crippen molar-refractivity contribution in [1.29, 1.82) is 0 Å². The van der Waals surface area contributed by atoms with Gasteiger partial charge < -0.3 is 9.16 Å². The largest absolute Gasteiger partial charge is 0.475 e. The summed E-state index contributed by atoms with van der Waals surface area (Å²) in [5, 5.41) is 1.06. The second-order valence-electron chi connectivity index (χ2n) is 10.4. The number of pyridine rings is 1. The molecule has 0 aliphatic carbocycles. The van der Waals surface area contributed by atoms with Gasteiger partial charge in [-0.1, -0.05) is 69.3 Å². The second kappa shape index (κ2) is 11.1. The van der Waals surface area contributed by atoms with E-state index in [2.05, 4.69) is 56.0 Å². The van der Waals surface area contributed by atoms with E-state index in [1.807, 2.05) is 42.5 Å². The van der Waals surface area contributed by atoms with Crippen molar-refractivity contribution in [2.24, 2.45) is 0 Å². The number of carbonyl (C=O) groups excluding carboxylic acids is 1. The maximum absolute atomic E-state index is 11.9. The molecule has 0 bridgehead atoms. The van der Waals surface area contributed by atoms with Gasteiger partial charge in [0.15, 0.2) is 8.32 Å². The fourth-order valence-electron chi connectivity index (χ4n) is 3.93. The van der Waals surface area contributed by atoms with Crippen LogP contribution in [0.5, 0.6) is 5.88 Å². The molecule has 0 saturated carbocycles. The molecule has 37 heavy (non-hydrogen) atoms. The van der Waals surface area contributed by atoms with Gasteiger partial charge in [-0.25, -0.2) is 15.0 Å². The van der Waals surface area contributed by atoms with Gasteiger partial charge in [-0.2, -0.15) is 0 Å². The van der Waals surface area contributed by atoms with Crippen LogP contribution in [0.1, 0.15) is 31.9 Å². The van der Waals surface area contributed by atoms with Crippen LogP contribution in [0.25, 0.3) is 27.6 Å². The molecule has 2 aromatic heterocycles. The molecular weight excluding hydrogens is 478 g/mol. The van der Waals surface area contributed by atoms with E-state index in [-0.39, 0.29) is 5.04 Å². The first-order valence-electron chi connectivity index (χ1n) is 12.4. The number of para-hydroxylation sites is 1. The van der Waals surface area contributed by atoms with Gasteiger partial charge in [-0.3, -0.25) is 4.79 Å². The molecule has 0 atom stereocenters. The van der Waals surface area contributed by atoms with Crippen LogP contribution in [0.2, 0.25) is 18.1 Å². The molecule has 0 aliphatic heterocycles. The first kappa shape index (κ1) is 26.4. The third-order valence-electron chi connectivity index (χ3n) is 6.89. The Morgan fingerprint density at radius 3 is 2.30 bits per heavy atom. The van der Waals surface area contributed by atoms with Crippen molar-refractivity contribution in [1.82, 2.24) is 15.0 Å². The third-order valence-corrected chi connectivity index (χ3v) is 11.4. The Balaban J connectivity index is 1.87. The maximum atomic E-state index is 11.9. The van der Waals surface area contributed by atoms with Crippen LogP contribution in [0, 0.1) is 0 Å². The minimum Gasteiger partial charge on any atom is -0.475 e. The van der Waals surface area contributed by atoms with Gasteiger partial charge in [0, 0.05) is 34.5 Å². The number of rotatable bonds is 9. The molecule has 190 valence electrons. The summed E-state index contributed by atoms with van der Waals surface area (Å²) in [4.78, 5) is 25.1. The van der Waals surface area contributed by atoms with E-state index >= 15 is 0 Å². The van der Waals surface area contributed by atoms with Gasteiger partial charge >= 0.3 is 0 Å². The summed E-state index contributed by atoms with van der Waals surface area (Å²) in [7, 11) is -1.93. The second-order valence-corrected chi connectivity index (χ2v) is 15.2. The smallest absolute Gasteiger partial charge is 0.222 e. The average Bonchev–Trinajstić information content (AvgIpc) is 2.89. The Morgan fingerprint density at radius 1 is 0.946 bits per heavy atom. The van der Waals surface area contributed by atoms with E-state index in [1.54, 1.807) is 12.4 Å². The summed E-state index contributed by atoms with van der Waals surface area (Å²) in [5.74, 6) is 0.438. The van der Waals surface area contributed by atoms with E-state index < -0.39 is 8.32 Å². The Morgan fingerprint density at radius 2 is 1.62 bits per heavy atom. The van der Waals surface area contributed by atoms with E-state index in [1.165, 1.54) is 12.4 Å². The lowest BCUT2D eigenvalue weighted by atomic mass is 9.89. The predicted octanol–water partition coefficient (Wildman–Crippen LogP) is 6.72. The maximum Gasteiger partial charge on any atom is 0.222 e. The highest BCUT2D eigenvalue weighted by molar-refractivity contribution is 6.74. The molecule has 2 heterocycles. The number of aromatic nitrogens is 3. The molecule has 2 aromatic carbocycles. The van der Waals surface area contributed by atoms with Crippen molar-refractivity contribution >= 4 is 31.1 Å². The summed E-state index contributed by atoms with van der Waals surface area (Å²) in [6.45, 7) is 11.9. The van der Waals surface area contributed by atoms with Gasteiger partial charge in [0.25, 0.3) is 0 Å². The molecule has 0 spiro atoms. The highest BCUT2D eigenvalue weighted by Crippen LogP contribution is 2.42. The molecule has 7 heteroatoms. The quantitative estimate of drug-likeness (QED) is 0.107. The normalized spacial score (nSPS) is 12.5. The van der Waals surface area contributed by atoms with Gasteiger partial charge in [0.2, 0.25) is 5.88 Å². The predicted molar refractivity (Wildman–Crippen MR) is 151 cm³/mol. The van der Waals surface area contributed by atoms with Crippen molar-refractivity contribution in [3.63, 3.8) is 0 Å². The Kier molecular flexibility index (Phi) is 7.95. The van der Waals surface area contributed by atoms with Gasteiger partial charge in [-0.05, 0) is 35.8 Å². The number of hydrogen-bond acceptors (Lipinski definition) is 6. The summed E-state index contributed by atoms with van der Waals surface area (Å²) < 4.78 is 12.7. The number of hydrogen-bond donors (Lipinski definition) is 0. The van der Waals surface area contributed by atoms with Crippen molar-refractivity contribution < 1.29 is 14.0 Å². The highest BCUT2D eigenvalue weighted by Gasteiger charge is 2.37. The van der Waals surface area contributed by atoms with Crippen molar-refractivity contribution in [3.8, 4) is 17.0 Å². The van der Waals surface area contributed by atoms with E-state index in [4.69, 9.17) is 14.1 Å². The number of fused-ring (bicyclic) bond motifs is 1. The van der Waals surface area contributed by atoms with E-state index in [0.29, 0.717) is 30.2 Å². The third kappa shape index (κ3) is 5.84. The lowest BCUT2D eigenvalue weighted by Crippen LogP contribution is -2.41. The molecule has 0 radical (unpaired) electrons. The number of aldehydes is 1. The zero-order valence-corrected chi connectivity index (χ0v) is 23.1. The van der Waals surface area contributed by atoms with Crippen LogP contribution in [0.4, 0.5) is 0 Å². The van der Waals surface area contributed by atoms with Crippen LogP contribution in [0.3, 0.4) is 0 Å².